The average molecular weight is 476 g/mol. The normalized spacial score (nSPS) is 11.7. The van der Waals surface area contributed by atoms with Gasteiger partial charge < -0.3 is 9.64 Å². The van der Waals surface area contributed by atoms with E-state index in [2.05, 4.69) is 32.8 Å². The van der Waals surface area contributed by atoms with E-state index in [0.717, 1.165) is 23.1 Å². The lowest BCUT2D eigenvalue weighted by atomic mass is 10.0. The van der Waals surface area contributed by atoms with Crippen molar-refractivity contribution in [1.82, 2.24) is 14.6 Å². The minimum Gasteiger partial charge on any atom is -0.492 e. The molecule has 0 amide bonds. The van der Waals surface area contributed by atoms with Gasteiger partial charge in [-0.15, -0.1) is 0 Å². The molecule has 1 N–H and O–H groups in total. The molecule has 1 aromatic heterocycles. The molecule has 0 fully saturated rings. The second-order valence-corrected chi connectivity index (χ2v) is 9.91. The minimum atomic E-state index is -3.62. The Balaban J connectivity index is 1.26. The molecule has 0 spiro atoms. The fraction of sp³-hybridized carbons (Fsp3) is 0.222. The van der Waals surface area contributed by atoms with Gasteiger partial charge >= 0.3 is 0 Å². The predicted octanol–water partition coefficient (Wildman–Crippen LogP) is 4.11. The van der Waals surface area contributed by atoms with Gasteiger partial charge in [0.05, 0.1) is 4.90 Å². The zero-order valence-electron chi connectivity index (χ0n) is 19.2. The molecule has 3 aromatic carbocycles. The van der Waals surface area contributed by atoms with Gasteiger partial charge in [0, 0.05) is 49.2 Å². The number of para-hydroxylation sites is 1. The highest BCUT2D eigenvalue weighted by atomic mass is 32.2. The van der Waals surface area contributed by atoms with Gasteiger partial charge in [-0.2, -0.15) is 0 Å². The molecule has 0 aliphatic heterocycles. The summed E-state index contributed by atoms with van der Waals surface area (Å²) in [4.78, 5) is 6.39. The minimum absolute atomic E-state index is 0.272. The molecule has 7 heteroatoms. The number of nitrogens with zero attached hydrogens (tertiary/aromatic N) is 2. The van der Waals surface area contributed by atoms with Gasteiger partial charge in [0.1, 0.15) is 12.4 Å². The molecular formula is C27H29N3O3S. The number of likely N-dealkylation sites (N-methyl/N-ethyl adjacent to an activating group) is 1. The van der Waals surface area contributed by atoms with E-state index in [1.165, 1.54) is 5.56 Å². The lowest BCUT2D eigenvalue weighted by molar-refractivity contribution is 0.238. The van der Waals surface area contributed by atoms with Crippen LogP contribution in [0, 0.1) is 0 Å². The zero-order chi connectivity index (χ0) is 23.8. The third-order valence-electron chi connectivity index (χ3n) is 5.66. The molecule has 0 unspecified atom stereocenters. The van der Waals surface area contributed by atoms with E-state index in [9.17, 15) is 8.42 Å². The standard InChI is InChI=1S/C27H29N3O3S/c1-30(17-16-29-34(31,32)27-13-7-11-24-21-28-15-14-25(24)27)18-19-33-26-12-6-5-10-23(26)20-22-8-3-2-4-9-22/h2-15,21,29H,16-20H2,1H3. The van der Waals surface area contributed by atoms with Gasteiger partial charge in [-0.05, 0) is 36.4 Å². The third-order valence-corrected chi connectivity index (χ3v) is 7.18. The number of sulfonamides is 1. The molecule has 0 aliphatic carbocycles. The quantitative estimate of drug-likeness (QED) is 0.353. The van der Waals surface area contributed by atoms with E-state index in [1.807, 2.05) is 49.5 Å². The molecule has 0 atom stereocenters. The first-order valence-electron chi connectivity index (χ1n) is 11.3. The number of rotatable bonds is 11. The summed E-state index contributed by atoms with van der Waals surface area (Å²) >= 11 is 0. The molecule has 0 aliphatic rings. The Hall–Kier alpha value is -3.26. The van der Waals surface area contributed by atoms with Crippen molar-refractivity contribution in [3.63, 3.8) is 0 Å². The Morgan fingerprint density at radius 3 is 2.56 bits per heavy atom. The maximum atomic E-state index is 12.8. The highest BCUT2D eigenvalue weighted by Gasteiger charge is 2.17. The molecular weight excluding hydrogens is 446 g/mol. The monoisotopic (exact) mass is 475 g/mol. The maximum Gasteiger partial charge on any atom is 0.241 e. The van der Waals surface area contributed by atoms with Crippen molar-refractivity contribution in [2.45, 2.75) is 11.3 Å². The number of ether oxygens (including phenoxy) is 1. The molecule has 4 aromatic rings. The summed E-state index contributed by atoms with van der Waals surface area (Å²) < 4.78 is 34.4. The van der Waals surface area contributed by atoms with Crippen molar-refractivity contribution >= 4 is 20.8 Å². The second kappa shape index (κ2) is 11.2. The lowest BCUT2D eigenvalue weighted by Crippen LogP contribution is -2.34. The molecule has 4 rings (SSSR count). The van der Waals surface area contributed by atoms with Crippen LogP contribution >= 0.6 is 0 Å². The highest BCUT2D eigenvalue weighted by molar-refractivity contribution is 7.89. The van der Waals surface area contributed by atoms with E-state index in [1.54, 1.807) is 30.6 Å². The van der Waals surface area contributed by atoms with Crippen LogP contribution in [0.2, 0.25) is 0 Å². The highest BCUT2D eigenvalue weighted by Crippen LogP contribution is 2.22. The molecule has 0 bridgehead atoms. The first kappa shape index (κ1) is 23.9. The van der Waals surface area contributed by atoms with Crippen molar-refractivity contribution in [3.05, 3.63) is 102 Å². The van der Waals surface area contributed by atoms with Gasteiger partial charge in [-0.25, -0.2) is 13.1 Å². The third kappa shape index (κ3) is 6.20. The molecule has 176 valence electrons. The number of fused-ring (bicyclic) bond motifs is 1. The number of nitrogens with one attached hydrogen (secondary N) is 1. The molecule has 0 radical (unpaired) electrons. The van der Waals surface area contributed by atoms with Crippen LogP contribution in [0.1, 0.15) is 11.1 Å². The Morgan fingerprint density at radius 2 is 1.71 bits per heavy atom. The van der Waals surface area contributed by atoms with E-state index in [0.29, 0.717) is 31.6 Å². The Bertz CT molecular complexity index is 1320. The first-order chi connectivity index (χ1) is 16.5. The van der Waals surface area contributed by atoms with E-state index in [4.69, 9.17) is 4.74 Å². The van der Waals surface area contributed by atoms with Crippen LogP contribution in [0.25, 0.3) is 10.8 Å². The number of benzene rings is 3. The average Bonchev–Trinajstić information content (AvgIpc) is 2.85. The van der Waals surface area contributed by atoms with Gasteiger partial charge in [-0.1, -0.05) is 60.7 Å². The molecule has 0 saturated heterocycles. The van der Waals surface area contributed by atoms with E-state index in [-0.39, 0.29) is 4.90 Å². The smallest absolute Gasteiger partial charge is 0.241 e. The van der Waals surface area contributed by atoms with Crippen molar-refractivity contribution in [2.75, 3.05) is 33.3 Å². The molecule has 1 heterocycles. The van der Waals surface area contributed by atoms with Crippen LogP contribution in [0.5, 0.6) is 5.75 Å². The molecule has 6 nitrogen and oxygen atoms in total. The number of aromatic nitrogens is 1. The maximum absolute atomic E-state index is 12.8. The summed E-state index contributed by atoms with van der Waals surface area (Å²) in [5.74, 6) is 0.880. The van der Waals surface area contributed by atoms with E-state index >= 15 is 0 Å². The van der Waals surface area contributed by atoms with Crippen LogP contribution in [0.3, 0.4) is 0 Å². The van der Waals surface area contributed by atoms with Crippen molar-refractivity contribution in [1.29, 1.82) is 0 Å². The van der Waals surface area contributed by atoms with E-state index < -0.39 is 10.0 Å². The van der Waals surface area contributed by atoms with Crippen molar-refractivity contribution in [3.8, 4) is 5.75 Å². The van der Waals surface area contributed by atoms with Gasteiger partial charge in [0.25, 0.3) is 0 Å². The van der Waals surface area contributed by atoms with Gasteiger partial charge in [0.2, 0.25) is 10.0 Å². The Labute approximate surface area is 201 Å². The van der Waals surface area contributed by atoms with Crippen LogP contribution in [-0.2, 0) is 16.4 Å². The van der Waals surface area contributed by atoms with Crippen molar-refractivity contribution < 1.29 is 13.2 Å². The Kier molecular flexibility index (Phi) is 7.90. The first-order valence-corrected chi connectivity index (χ1v) is 12.8. The van der Waals surface area contributed by atoms with Crippen LogP contribution < -0.4 is 9.46 Å². The summed E-state index contributed by atoms with van der Waals surface area (Å²) in [5, 5.41) is 1.47. The van der Waals surface area contributed by atoms with Crippen LogP contribution in [-0.4, -0.2) is 51.6 Å². The van der Waals surface area contributed by atoms with Crippen LogP contribution in [0.15, 0.2) is 96.2 Å². The summed E-state index contributed by atoms with van der Waals surface area (Å²) in [5.41, 5.74) is 2.39. The second-order valence-electron chi connectivity index (χ2n) is 8.17. The number of hydrogen-bond acceptors (Lipinski definition) is 5. The largest absolute Gasteiger partial charge is 0.492 e. The van der Waals surface area contributed by atoms with Crippen LogP contribution in [0.4, 0.5) is 0 Å². The SMILES string of the molecule is CN(CCNS(=O)(=O)c1cccc2cnccc12)CCOc1ccccc1Cc1ccccc1. The predicted molar refractivity (Wildman–Crippen MR) is 136 cm³/mol. The van der Waals surface area contributed by atoms with Crippen molar-refractivity contribution in [2.24, 2.45) is 0 Å². The Morgan fingerprint density at radius 1 is 0.912 bits per heavy atom. The molecule has 0 saturated carbocycles. The fourth-order valence-corrected chi connectivity index (χ4v) is 5.05. The summed E-state index contributed by atoms with van der Waals surface area (Å²) in [6.45, 7) is 2.08. The van der Waals surface area contributed by atoms with Gasteiger partial charge in [-0.3, -0.25) is 4.98 Å². The zero-order valence-corrected chi connectivity index (χ0v) is 20.0. The fourth-order valence-electron chi connectivity index (χ4n) is 3.81. The lowest BCUT2D eigenvalue weighted by Gasteiger charge is -2.18. The van der Waals surface area contributed by atoms with Gasteiger partial charge in [0.15, 0.2) is 0 Å². The summed E-state index contributed by atoms with van der Waals surface area (Å²) in [6, 6.07) is 25.3. The topological polar surface area (TPSA) is 71.5 Å². The number of hydrogen-bond donors (Lipinski definition) is 1. The molecule has 34 heavy (non-hydrogen) atoms. The number of pyridine rings is 1. The summed E-state index contributed by atoms with van der Waals surface area (Å²) in [7, 11) is -1.66. The summed E-state index contributed by atoms with van der Waals surface area (Å²) in [6.07, 6.45) is 4.09.